The van der Waals surface area contributed by atoms with Crippen LogP contribution in [0.3, 0.4) is 0 Å². The zero-order valence-electron chi connectivity index (χ0n) is 14.5. The van der Waals surface area contributed by atoms with Crippen molar-refractivity contribution in [2.24, 2.45) is 5.92 Å². The monoisotopic (exact) mass is 335 g/mol. The summed E-state index contributed by atoms with van der Waals surface area (Å²) in [4.78, 5) is 6.72. The minimum atomic E-state index is 0.775. The summed E-state index contributed by atoms with van der Waals surface area (Å²) >= 11 is 0. The number of likely N-dealkylation sites (tertiary alicyclic amines) is 1. The lowest BCUT2D eigenvalue weighted by atomic mass is 9.96. The molecule has 0 bridgehead atoms. The first-order valence-electron chi connectivity index (χ1n) is 9.08. The number of rotatable bonds is 6. The van der Waals surface area contributed by atoms with Gasteiger partial charge >= 0.3 is 0 Å². The molecular formula is C20H25N5. The number of nitrogens with zero attached hydrogens (tertiary/aromatic N) is 5. The molecule has 5 heteroatoms. The molecule has 0 N–H and O–H groups in total. The highest BCUT2D eigenvalue weighted by molar-refractivity contribution is 5.23. The lowest BCUT2D eigenvalue weighted by molar-refractivity contribution is 0.167. The molecule has 25 heavy (non-hydrogen) atoms. The molecule has 0 aliphatic carbocycles. The first-order chi connectivity index (χ1) is 12.3. The van der Waals surface area contributed by atoms with Crippen LogP contribution in [0.5, 0.6) is 0 Å². The van der Waals surface area contributed by atoms with Gasteiger partial charge in [0, 0.05) is 37.9 Å². The zero-order chi connectivity index (χ0) is 16.9. The van der Waals surface area contributed by atoms with Gasteiger partial charge in [0.05, 0.1) is 12.9 Å². The summed E-state index contributed by atoms with van der Waals surface area (Å²) in [6.07, 6.45) is 12.2. The summed E-state index contributed by atoms with van der Waals surface area (Å²) < 4.78 is 4.18. The van der Waals surface area contributed by atoms with E-state index in [1.165, 1.54) is 37.1 Å². The Morgan fingerprint density at radius 1 is 0.960 bits per heavy atom. The summed E-state index contributed by atoms with van der Waals surface area (Å²) in [7, 11) is 0. The van der Waals surface area contributed by atoms with Gasteiger partial charge in [-0.15, -0.1) is 0 Å². The summed E-state index contributed by atoms with van der Waals surface area (Å²) in [6, 6.07) is 10.9. The van der Waals surface area contributed by atoms with Gasteiger partial charge in [-0.3, -0.25) is 9.58 Å². The Labute approximate surface area is 148 Å². The number of hydrogen-bond donors (Lipinski definition) is 0. The fraction of sp³-hybridized carbons (Fsp3) is 0.400. The van der Waals surface area contributed by atoms with Crippen molar-refractivity contribution in [2.45, 2.75) is 32.5 Å². The number of imidazole rings is 1. The predicted molar refractivity (Wildman–Crippen MR) is 98.0 cm³/mol. The van der Waals surface area contributed by atoms with E-state index in [-0.39, 0.29) is 0 Å². The SMILES string of the molecule is c1cc(CN2CCC(Cn3ccnc3)CC2)cc(Cn2cccn2)c1. The van der Waals surface area contributed by atoms with Gasteiger partial charge < -0.3 is 4.57 Å². The van der Waals surface area contributed by atoms with E-state index in [1.807, 2.05) is 35.7 Å². The largest absolute Gasteiger partial charge is 0.337 e. The van der Waals surface area contributed by atoms with Crippen LogP contribution >= 0.6 is 0 Å². The number of piperidine rings is 1. The van der Waals surface area contributed by atoms with Crippen molar-refractivity contribution >= 4 is 0 Å². The molecule has 1 aromatic carbocycles. The molecule has 0 saturated carbocycles. The lowest BCUT2D eigenvalue weighted by Crippen LogP contribution is -2.34. The molecule has 2 aromatic heterocycles. The predicted octanol–water partition coefficient (Wildman–Crippen LogP) is 3.04. The van der Waals surface area contributed by atoms with Crippen molar-refractivity contribution in [3.63, 3.8) is 0 Å². The average molecular weight is 335 g/mol. The minimum Gasteiger partial charge on any atom is -0.337 e. The summed E-state index contributed by atoms with van der Waals surface area (Å²) in [5.41, 5.74) is 2.72. The molecule has 1 saturated heterocycles. The average Bonchev–Trinajstić information content (AvgIpc) is 3.31. The molecule has 1 fully saturated rings. The molecule has 0 spiro atoms. The van der Waals surface area contributed by atoms with E-state index in [4.69, 9.17) is 0 Å². The second-order valence-electron chi connectivity index (χ2n) is 7.00. The maximum Gasteiger partial charge on any atom is 0.0945 e. The second-order valence-corrected chi connectivity index (χ2v) is 7.00. The number of aromatic nitrogens is 4. The van der Waals surface area contributed by atoms with Gasteiger partial charge in [-0.1, -0.05) is 24.3 Å². The molecule has 0 amide bonds. The van der Waals surface area contributed by atoms with E-state index >= 15 is 0 Å². The third-order valence-electron chi connectivity index (χ3n) is 5.04. The van der Waals surface area contributed by atoms with Crippen LogP contribution < -0.4 is 0 Å². The highest BCUT2D eigenvalue weighted by atomic mass is 15.3. The topological polar surface area (TPSA) is 38.9 Å². The maximum atomic E-state index is 4.30. The van der Waals surface area contributed by atoms with Crippen LogP contribution in [0.1, 0.15) is 24.0 Å². The van der Waals surface area contributed by atoms with Gasteiger partial charge in [-0.2, -0.15) is 5.10 Å². The standard InChI is InChI=1S/C20H25N5/c1-3-19(13-20(4-1)16-25-9-2-7-22-25)15-23-10-5-18(6-11-23)14-24-12-8-21-17-24/h1-4,7-9,12-13,17-18H,5-6,10-11,14-16H2. The van der Waals surface area contributed by atoms with Crippen molar-refractivity contribution < 1.29 is 0 Å². The molecule has 130 valence electrons. The quantitative estimate of drug-likeness (QED) is 0.695. The Kier molecular flexibility index (Phi) is 4.93. The molecular weight excluding hydrogens is 310 g/mol. The van der Waals surface area contributed by atoms with E-state index in [9.17, 15) is 0 Å². The van der Waals surface area contributed by atoms with Gasteiger partial charge in [-0.25, -0.2) is 4.98 Å². The third-order valence-corrected chi connectivity index (χ3v) is 5.04. The second kappa shape index (κ2) is 7.66. The first kappa shape index (κ1) is 16.1. The number of benzene rings is 1. The Bertz CT molecular complexity index is 755. The van der Waals surface area contributed by atoms with Crippen LogP contribution in [0.25, 0.3) is 0 Å². The first-order valence-corrected chi connectivity index (χ1v) is 9.08. The molecule has 1 aliphatic heterocycles. The molecule has 4 rings (SSSR count). The molecule has 0 atom stereocenters. The van der Waals surface area contributed by atoms with Gasteiger partial charge in [0.15, 0.2) is 0 Å². The Morgan fingerprint density at radius 3 is 2.52 bits per heavy atom. The highest BCUT2D eigenvalue weighted by Gasteiger charge is 2.19. The van der Waals surface area contributed by atoms with Crippen LogP contribution in [-0.2, 0) is 19.6 Å². The summed E-state index contributed by atoms with van der Waals surface area (Å²) in [5.74, 6) is 0.775. The molecule has 5 nitrogen and oxygen atoms in total. The maximum absolute atomic E-state index is 4.30. The molecule has 1 aliphatic rings. The van der Waals surface area contributed by atoms with Crippen LogP contribution in [0.4, 0.5) is 0 Å². The van der Waals surface area contributed by atoms with Crippen molar-refractivity contribution in [1.82, 2.24) is 24.2 Å². The normalized spacial score (nSPS) is 16.3. The van der Waals surface area contributed by atoms with Gasteiger partial charge in [-0.05, 0) is 49.0 Å². The van der Waals surface area contributed by atoms with Crippen molar-refractivity contribution in [3.8, 4) is 0 Å². The molecule has 0 radical (unpaired) electrons. The van der Waals surface area contributed by atoms with Crippen LogP contribution in [0.15, 0.2) is 61.4 Å². The summed E-state index contributed by atoms with van der Waals surface area (Å²) in [5, 5.41) is 4.30. The lowest BCUT2D eigenvalue weighted by Gasteiger charge is -2.32. The molecule has 3 aromatic rings. The fourth-order valence-corrected chi connectivity index (χ4v) is 3.69. The van der Waals surface area contributed by atoms with Gasteiger partial charge in [0.2, 0.25) is 0 Å². The minimum absolute atomic E-state index is 0.775. The van der Waals surface area contributed by atoms with E-state index in [0.717, 1.165) is 25.6 Å². The number of hydrogen-bond acceptors (Lipinski definition) is 3. The van der Waals surface area contributed by atoms with Crippen molar-refractivity contribution in [3.05, 3.63) is 72.6 Å². The molecule has 3 heterocycles. The van der Waals surface area contributed by atoms with E-state index in [0.29, 0.717) is 0 Å². The highest BCUT2D eigenvalue weighted by Crippen LogP contribution is 2.21. The third kappa shape index (κ3) is 4.37. The smallest absolute Gasteiger partial charge is 0.0945 e. The van der Waals surface area contributed by atoms with E-state index in [2.05, 4.69) is 50.0 Å². The fourth-order valence-electron chi connectivity index (χ4n) is 3.69. The Hall–Kier alpha value is -2.40. The Balaban J connectivity index is 1.29. The van der Waals surface area contributed by atoms with Gasteiger partial charge in [0.1, 0.15) is 0 Å². The van der Waals surface area contributed by atoms with E-state index < -0.39 is 0 Å². The van der Waals surface area contributed by atoms with Crippen molar-refractivity contribution in [2.75, 3.05) is 13.1 Å². The van der Waals surface area contributed by atoms with Gasteiger partial charge in [0.25, 0.3) is 0 Å². The zero-order valence-corrected chi connectivity index (χ0v) is 14.5. The van der Waals surface area contributed by atoms with E-state index in [1.54, 1.807) is 0 Å². The van der Waals surface area contributed by atoms with Crippen LogP contribution in [0.2, 0.25) is 0 Å². The Morgan fingerprint density at radius 2 is 1.80 bits per heavy atom. The summed E-state index contributed by atoms with van der Waals surface area (Å²) in [6.45, 7) is 5.36. The van der Waals surface area contributed by atoms with Crippen LogP contribution in [-0.4, -0.2) is 37.3 Å². The molecule has 0 unspecified atom stereocenters. The van der Waals surface area contributed by atoms with Crippen molar-refractivity contribution in [1.29, 1.82) is 0 Å². The van der Waals surface area contributed by atoms with Crippen LogP contribution in [0, 0.1) is 5.92 Å².